The van der Waals surface area contributed by atoms with Gasteiger partial charge in [0, 0.05) is 10.5 Å². The van der Waals surface area contributed by atoms with Crippen LogP contribution in [0.2, 0.25) is 0 Å². The third kappa shape index (κ3) is 3.63. The number of nitrogens with zero attached hydrogens (tertiary/aromatic N) is 1. The summed E-state index contributed by atoms with van der Waals surface area (Å²) in [5.41, 5.74) is -0.144. The van der Waals surface area contributed by atoms with Gasteiger partial charge in [-0.3, -0.25) is 10.1 Å². The Labute approximate surface area is 127 Å². The minimum atomic E-state index is -0.882. The van der Waals surface area contributed by atoms with E-state index >= 15 is 0 Å². The lowest BCUT2D eigenvalue weighted by molar-refractivity contribution is -0.385. The van der Waals surface area contributed by atoms with Gasteiger partial charge in [-0.05, 0) is 24.3 Å². The van der Waals surface area contributed by atoms with Gasteiger partial charge in [-0.15, -0.1) is 0 Å². The molecule has 0 saturated heterocycles. The number of carbonyl (C=O) groups is 1. The largest absolute Gasteiger partial charge is 0.457 e. The van der Waals surface area contributed by atoms with Crippen molar-refractivity contribution < 1.29 is 18.8 Å². The van der Waals surface area contributed by atoms with Crippen molar-refractivity contribution in [3.05, 3.63) is 74.0 Å². The molecule has 0 bridgehead atoms. The molecule has 0 saturated carbocycles. The minimum absolute atomic E-state index is 0.153. The first-order chi connectivity index (χ1) is 9.99. The van der Waals surface area contributed by atoms with E-state index in [0.29, 0.717) is 4.47 Å². The summed E-state index contributed by atoms with van der Waals surface area (Å²) < 4.78 is 19.0. The molecule has 0 aromatic heterocycles. The van der Waals surface area contributed by atoms with Gasteiger partial charge in [0.1, 0.15) is 12.4 Å². The lowest BCUT2D eigenvalue weighted by atomic mass is 10.2. The number of nitro benzene ring substituents is 1. The van der Waals surface area contributed by atoms with Crippen molar-refractivity contribution in [1.82, 2.24) is 0 Å². The quantitative estimate of drug-likeness (QED) is 0.475. The van der Waals surface area contributed by atoms with Crippen molar-refractivity contribution in [2.75, 3.05) is 0 Å². The summed E-state index contributed by atoms with van der Waals surface area (Å²) in [6.07, 6.45) is 0. The van der Waals surface area contributed by atoms with Crippen LogP contribution >= 0.6 is 15.9 Å². The lowest BCUT2D eigenvalue weighted by Crippen LogP contribution is -2.08. The molecular formula is C14H9BrFNO4. The van der Waals surface area contributed by atoms with E-state index in [4.69, 9.17) is 4.74 Å². The molecule has 0 aliphatic heterocycles. The molecule has 108 valence electrons. The number of benzene rings is 2. The van der Waals surface area contributed by atoms with Crippen LogP contribution in [0.15, 0.2) is 46.9 Å². The van der Waals surface area contributed by atoms with Gasteiger partial charge in [0.15, 0.2) is 0 Å². The number of para-hydroxylation sites is 1. The Hall–Kier alpha value is -2.28. The lowest BCUT2D eigenvalue weighted by Gasteiger charge is -2.06. The van der Waals surface area contributed by atoms with Crippen molar-refractivity contribution >= 4 is 27.6 Å². The molecule has 0 N–H and O–H groups in total. The highest BCUT2D eigenvalue weighted by Crippen LogP contribution is 2.20. The van der Waals surface area contributed by atoms with Gasteiger partial charge >= 0.3 is 5.97 Å². The molecule has 0 spiro atoms. The fourth-order valence-electron chi connectivity index (χ4n) is 1.69. The van der Waals surface area contributed by atoms with E-state index in [-0.39, 0.29) is 23.4 Å². The molecule has 0 atom stereocenters. The smallest absolute Gasteiger partial charge is 0.341 e. The number of carbonyl (C=O) groups excluding carboxylic acids is 1. The van der Waals surface area contributed by atoms with Crippen molar-refractivity contribution in [2.45, 2.75) is 6.61 Å². The van der Waals surface area contributed by atoms with Gasteiger partial charge in [-0.2, -0.15) is 0 Å². The van der Waals surface area contributed by atoms with Crippen LogP contribution in [0.1, 0.15) is 15.9 Å². The Balaban J connectivity index is 2.15. The Kier molecular flexibility index (Phi) is 4.64. The van der Waals surface area contributed by atoms with E-state index in [0.717, 1.165) is 6.07 Å². The van der Waals surface area contributed by atoms with Gasteiger partial charge in [-0.25, -0.2) is 9.18 Å². The number of halogens is 2. The zero-order valence-electron chi connectivity index (χ0n) is 10.6. The number of hydrogen-bond donors (Lipinski definition) is 0. The maximum atomic E-state index is 13.5. The Morgan fingerprint density at radius 2 is 2.00 bits per heavy atom. The van der Waals surface area contributed by atoms with Crippen molar-refractivity contribution in [2.24, 2.45) is 0 Å². The second-order valence-electron chi connectivity index (χ2n) is 4.09. The predicted molar refractivity (Wildman–Crippen MR) is 76.3 cm³/mol. The van der Waals surface area contributed by atoms with Crippen LogP contribution in [0.5, 0.6) is 0 Å². The molecular weight excluding hydrogens is 345 g/mol. The summed E-state index contributed by atoms with van der Waals surface area (Å²) in [5, 5.41) is 10.8. The second kappa shape index (κ2) is 6.45. The monoisotopic (exact) mass is 353 g/mol. The van der Waals surface area contributed by atoms with Crippen LogP contribution in [-0.2, 0) is 11.3 Å². The number of ether oxygens (including phenoxy) is 1. The van der Waals surface area contributed by atoms with E-state index in [2.05, 4.69) is 15.9 Å². The summed E-state index contributed by atoms with van der Waals surface area (Å²) in [4.78, 5) is 22.1. The van der Waals surface area contributed by atoms with E-state index in [9.17, 15) is 19.3 Å². The first kappa shape index (κ1) is 15.1. The predicted octanol–water partition coefficient (Wildman–Crippen LogP) is 3.85. The maximum absolute atomic E-state index is 13.5. The molecule has 0 amide bonds. The van der Waals surface area contributed by atoms with Crippen LogP contribution < -0.4 is 0 Å². The number of hydrogen-bond acceptors (Lipinski definition) is 4. The van der Waals surface area contributed by atoms with Crippen LogP contribution in [0.25, 0.3) is 0 Å². The normalized spacial score (nSPS) is 10.2. The molecule has 0 aliphatic carbocycles. The average Bonchev–Trinajstić information content (AvgIpc) is 2.47. The molecule has 0 radical (unpaired) electrons. The summed E-state index contributed by atoms with van der Waals surface area (Å²) in [6, 6.07) is 9.76. The number of rotatable bonds is 4. The molecule has 5 nitrogen and oxygen atoms in total. The molecule has 2 aromatic rings. The molecule has 0 heterocycles. The highest BCUT2D eigenvalue weighted by molar-refractivity contribution is 9.10. The SMILES string of the molecule is O=C(OCc1ccccc1[N+](=O)[O-])c1cc(Br)ccc1F. The summed E-state index contributed by atoms with van der Waals surface area (Å²) >= 11 is 3.13. The van der Waals surface area contributed by atoms with Gasteiger partial charge in [0.05, 0.1) is 16.1 Å². The highest BCUT2D eigenvalue weighted by Gasteiger charge is 2.17. The highest BCUT2D eigenvalue weighted by atomic mass is 79.9. The molecule has 2 aromatic carbocycles. The summed E-state index contributed by atoms with van der Waals surface area (Å²) in [7, 11) is 0. The van der Waals surface area contributed by atoms with E-state index in [1.54, 1.807) is 6.07 Å². The third-order valence-corrected chi connectivity index (χ3v) is 3.19. The topological polar surface area (TPSA) is 69.4 Å². The Bertz CT molecular complexity index is 705. The zero-order valence-corrected chi connectivity index (χ0v) is 12.2. The fraction of sp³-hybridized carbons (Fsp3) is 0.0714. The van der Waals surface area contributed by atoms with Gasteiger partial charge in [0.25, 0.3) is 5.69 Å². The van der Waals surface area contributed by atoms with Gasteiger partial charge in [-0.1, -0.05) is 28.1 Å². The minimum Gasteiger partial charge on any atom is -0.457 e. The molecule has 0 aliphatic rings. The van der Waals surface area contributed by atoms with Gasteiger partial charge < -0.3 is 4.74 Å². The second-order valence-corrected chi connectivity index (χ2v) is 5.00. The first-order valence-electron chi connectivity index (χ1n) is 5.83. The van der Waals surface area contributed by atoms with Gasteiger partial charge in [0.2, 0.25) is 0 Å². The van der Waals surface area contributed by atoms with Crippen LogP contribution in [0.3, 0.4) is 0 Å². The van der Waals surface area contributed by atoms with Crippen molar-refractivity contribution in [3.63, 3.8) is 0 Å². The van der Waals surface area contributed by atoms with E-state index in [1.165, 1.54) is 30.3 Å². The molecule has 7 heteroatoms. The molecule has 0 unspecified atom stereocenters. The van der Waals surface area contributed by atoms with Crippen LogP contribution in [0.4, 0.5) is 10.1 Å². The van der Waals surface area contributed by atoms with Crippen molar-refractivity contribution in [3.8, 4) is 0 Å². The van der Waals surface area contributed by atoms with Crippen molar-refractivity contribution in [1.29, 1.82) is 0 Å². The molecule has 0 fully saturated rings. The fourth-order valence-corrected chi connectivity index (χ4v) is 2.05. The summed E-state index contributed by atoms with van der Waals surface area (Å²) in [5.74, 6) is -1.60. The van der Waals surface area contributed by atoms with Crippen LogP contribution in [-0.4, -0.2) is 10.9 Å². The number of esters is 1. The maximum Gasteiger partial charge on any atom is 0.341 e. The number of nitro groups is 1. The summed E-state index contributed by atoms with van der Waals surface area (Å²) in [6.45, 7) is -0.304. The van der Waals surface area contributed by atoms with Crippen LogP contribution in [0, 0.1) is 15.9 Å². The first-order valence-corrected chi connectivity index (χ1v) is 6.63. The standard InChI is InChI=1S/C14H9BrFNO4/c15-10-5-6-12(16)11(7-10)14(18)21-8-9-3-1-2-4-13(9)17(19)20/h1-7H,8H2. The Morgan fingerprint density at radius 3 is 2.71 bits per heavy atom. The average molecular weight is 354 g/mol. The molecule has 2 rings (SSSR count). The third-order valence-electron chi connectivity index (χ3n) is 2.70. The zero-order chi connectivity index (χ0) is 15.4. The van der Waals surface area contributed by atoms with E-state index < -0.39 is 16.7 Å². The van der Waals surface area contributed by atoms with E-state index in [1.807, 2.05) is 0 Å². The Morgan fingerprint density at radius 1 is 1.29 bits per heavy atom. The molecule has 21 heavy (non-hydrogen) atoms.